The molecule has 0 radical (unpaired) electrons. The Hall–Kier alpha value is -1.68. The first-order valence-electron chi connectivity index (χ1n) is 4.09. The first-order chi connectivity index (χ1) is 6.77. The van der Waals surface area contributed by atoms with E-state index in [2.05, 4.69) is 4.37 Å². The van der Waals surface area contributed by atoms with E-state index in [-0.39, 0.29) is 0 Å². The normalized spacial score (nSPS) is 10.0. The van der Waals surface area contributed by atoms with Gasteiger partial charge in [-0.3, -0.25) is 4.79 Å². The van der Waals surface area contributed by atoms with Crippen LogP contribution in [0.2, 0.25) is 0 Å². The second-order valence-corrected chi connectivity index (χ2v) is 3.61. The fraction of sp³-hybridized carbons (Fsp3) is 0. The Morgan fingerprint density at radius 1 is 1.29 bits per heavy atom. The van der Waals surface area contributed by atoms with Crippen molar-refractivity contribution in [3.63, 3.8) is 0 Å². The van der Waals surface area contributed by atoms with Crippen molar-refractivity contribution in [1.29, 1.82) is 0 Å². The Morgan fingerprint density at radius 2 is 2.00 bits per heavy atom. The van der Waals surface area contributed by atoms with Crippen molar-refractivity contribution in [3.8, 4) is 11.3 Å². The number of aromatic nitrogens is 1. The summed E-state index contributed by atoms with van der Waals surface area (Å²) in [5.41, 5.74) is 6.93. The Bertz CT molecular complexity index is 450. The third-order valence-electron chi connectivity index (χ3n) is 1.82. The predicted molar refractivity (Wildman–Crippen MR) is 56.1 cm³/mol. The Kier molecular flexibility index (Phi) is 2.28. The minimum absolute atomic E-state index is 0.426. The maximum atomic E-state index is 10.8. The van der Waals surface area contributed by atoms with E-state index in [0.717, 1.165) is 22.8 Å². The van der Waals surface area contributed by atoms with Crippen LogP contribution >= 0.6 is 11.5 Å². The lowest BCUT2D eigenvalue weighted by Gasteiger charge is -1.92. The second kappa shape index (κ2) is 3.59. The molecule has 0 fully saturated rings. The molecule has 3 nitrogen and oxygen atoms in total. The van der Waals surface area contributed by atoms with Crippen LogP contribution in [-0.4, -0.2) is 10.3 Å². The van der Waals surface area contributed by atoms with Crippen molar-refractivity contribution in [2.45, 2.75) is 0 Å². The first kappa shape index (κ1) is 8.90. The van der Waals surface area contributed by atoms with Gasteiger partial charge in [-0.25, -0.2) is 0 Å². The van der Waals surface area contributed by atoms with Crippen LogP contribution in [0.3, 0.4) is 0 Å². The number of hydrogen-bond acceptors (Lipinski definition) is 3. The number of nitrogens with two attached hydrogens (primary N) is 1. The summed E-state index contributed by atoms with van der Waals surface area (Å²) in [7, 11) is 0. The minimum atomic E-state index is -0.426. The van der Waals surface area contributed by atoms with Gasteiger partial charge in [-0.15, -0.1) is 0 Å². The Morgan fingerprint density at radius 3 is 2.57 bits per heavy atom. The molecule has 2 aromatic rings. The highest BCUT2D eigenvalue weighted by Gasteiger charge is 2.07. The van der Waals surface area contributed by atoms with Gasteiger partial charge in [0.2, 0.25) is 0 Å². The summed E-state index contributed by atoms with van der Waals surface area (Å²) in [5.74, 6) is -0.426. The summed E-state index contributed by atoms with van der Waals surface area (Å²) in [5, 5.41) is 0. The summed E-state index contributed by atoms with van der Waals surface area (Å²) < 4.78 is 4.15. The van der Waals surface area contributed by atoms with Crippen molar-refractivity contribution >= 4 is 17.4 Å². The van der Waals surface area contributed by atoms with Crippen LogP contribution < -0.4 is 5.73 Å². The number of rotatable bonds is 2. The summed E-state index contributed by atoms with van der Waals surface area (Å²) in [4.78, 5) is 11.3. The van der Waals surface area contributed by atoms with E-state index in [0.29, 0.717) is 4.88 Å². The quantitative estimate of drug-likeness (QED) is 0.812. The number of nitrogens with zero attached hydrogens (tertiary/aromatic N) is 1. The van der Waals surface area contributed by atoms with Crippen LogP contribution in [0.4, 0.5) is 0 Å². The van der Waals surface area contributed by atoms with Crippen LogP contribution in [0.1, 0.15) is 9.67 Å². The average molecular weight is 204 g/mol. The van der Waals surface area contributed by atoms with E-state index >= 15 is 0 Å². The molecular weight excluding hydrogens is 196 g/mol. The van der Waals surface area contributed by atoms with Gasteiger partial charge in [0.25, 0.3) is 5.91 Å². The molecule has 1 amide bonds. The Labute approximate surface area is 85.4 Å². The number of hydrogen-bond donors (Lipinski definition) is 1. The first-order valence-corrected chi connectivity index (χ1v) is 4.86. The third-order valence-corrected chi connectivity index (χ3v) is 2.63. The zero-order valence-corrected chi connectivity index (χ0v) is 8.12. The molecule has 1 aromatic carbocycles. The monoisotopic (exact) mass is 204 g/mol. The minimum Gasteiger partial charge on any atom is -0.365 e. The summed E-state index contributed by atoms with van der Waals surface area (Å²) >= 11 is 1.13. The van der Waals surface area contributed by atoms with E-state index in [9.17, 15) is 4.79 Å². The maximum absolute atomic E-state index is 10.8. The molecule has 4 heteroatoms. The van der Waals surface area contributed by atoms with Gasteiger partial charge in [0.1, 0.15) is 4.88 Å². The molecule has 0 atom stereocenters. The van der Waals surface area contributed by atoms with Crippen molar-refractivity contribution < 1.29 is 4.79 Å². The van der Waals surface area contributed by atoms with Crippen molar-refractivity contribution in [2.24, 2.45) is 5.73 Å². The summed E-state index contributed by atoms with van der Waals surface area (Å²) in [6.45, 7) is 0. The zero-order valence-electron chi connectivity index (χ0n) is 7.31. The molecule has 1 heterocycles. The summed E-state index contributed by atoms with van der Waals surface area (Å²) in [6.07, 6.45) is 0. The second-order valence-electron chi connectivity index (χ2n) is 2.81. The molecule has 1 aromatic heterocycles. The molecule has 2 N–H and O–H groups in total. The van der Waals surface area contributed by atoms with Gasteiger partial charge in [-0.2, -0.15) is 4.37 Å². The van der Waals surface area contributed by atoms with E-state index < -0.39 is 5.91 Å². The highest BCUT2D eigenvalue weighted by Crippen LogP contribution is 2.20. The van der Waals surface area contributed by atoms with Crippen LogP contribution in [0, 0.1) is 0 Å². The molecular formula is C10H8N2OS. The molecule has 70 valence electrons. The Balaban J connectivity index is 2.39. The van der Waals surface area contributed by atoms with E-state index in [1.54, 1.807) is 6.07 Å². The zero-order chi connectivity index (χ0) is 9.97. The predicted octanol–water partition coefficient (Wildman–Crippen LogP) is 1.91. The SMILES string of the molecule is NC(=O)c1cc(-c2ccccc2)ns1. The van der Waals surface area contributed by atoms with Crippen LogP contribution in [0.25, 0.3) is 11.3 Å². The van der Waals surface area contributed by atoms with Crippen molar-refractivity contribution in [2.75, 3.05) is 0 Å². The van der Waals surface area contributed by atoms with Crippen LogP contribution in [0.15, 0.2) is 36.4 Å². The number of carbonyl (C=O) groups excluding carboxylic acids is 1. The van der Waals surface area contributed by atoms with E-state index in [1.165, 1.54) is 0 Å². The van der Waals surface area contributed by atoms with Gasteiger partial charge < -0.3 is 5.73 Å². The van der Waals surface area contributed by atoms with Crippen LogP contribution in [-0.2, 0) is 0 Å². The number of amides is 1. The standard InChI is InChI=1S/C10H8N2OS/c11-10(13)9-6-8(12-14-9)7-4-2-1-3-5-7/h1-6H,(H2,11,13). The molecule has 0 aliphatic heterocycles. The lowest BCUT2D eigenvalue weighted by molar-refractivity contribution is 0.100. The van der Waals surface area contributed by atoms with Gasteiger partial charge in [-0.05, 0) is 17.6 Å². The molecule has 0 spiro atoms. The fourth-order valence-corrected chi connectivity index (χ4v) is 1.75. The molecule has 2 rings (SSSR count). The molecule has 0 saturated carbocycles. The van der Waals surface area contributed by atoms with Crippen molar-refractivity contribution in [1.82, 2.24) is 4.37 Å². The lowest BCUT2D eigenvalue weighted by atomic mass is 10.1. The van der Waals surface area contributed by atoms with E-state index in [1.807, 2.05) is 30.3 Å². The fourth-order valence-electron chi connectivity index (χ4n) is 1.14. The topological polar surface area (TPSA) is 56.0 Å². The number of carbonyl (C=O) groups is 1. The van der Waals surface area contributed by atoms with Gasteiger partial charge >= 0.3 is 0 Å². The highest BCUT2D eigenvalue weighted by atomic mass is 32.1. The van der Waals surface area contributed by atoms with Gasteiger partial charge in [0, 0.05) is 5.56 Å². The molecule has 0 aliphatic rings. The average Bonchev–Trinajstić information content (AvgIpc) is 2.68. The molecule has 0 unspecified atom stereocenters. The lowest BCUT2D eigenvalue weighted by Crippen LogP contribution is -2.08. The third kappa shape index (κ3) is 1.65. The molecule has 0 saturated heterocycles. The van der Waals surface area contributed by atoms with Gasteiger partial charge in [0.15, 0.2) is 0 Å². The summed E-state index contributed by atoms with van der Waals surface area (Å²) in [6, 6.07) is 11.4. The molecule has 14 heavy (non-hydrogen) atoms. The van der Waals surface area contributed by atoms with E-state index in [4.69, 9.17) is 5.73 Å². The van der Waals surface area contributed by atoms with Gasteiger partial charge in [-0.1, -0.05) is 30.3 Å². The smallest absolute Gasteiger partial charge is 0.260 e. The largest absolute Gasteiger partial charge is 0.365 e. The van der Waals surface area contributed by atoms with Crippen LogP contribution in [0.5, 0.6) is 0 Å². The maximum Gasteiger partial charge on any atom is 0.260 e. The number of primary amides is 1. The molecule has 0 aliphatic carbocycles. The molecule has 0 bridgehead atoms. The number of benzene rings is 1. The van der Waals surface area contributed by atoms with Gasteiger partial charge in [0.05, 0.1) is 5.69 Å². The highest BCUT2D eigenvalue weighted by molar-refractivity contribution is 7.08. The van der Waals surface area contributed by atoms with Crippen molar-refractivity contribution in [3.05, 3.63) is 41.3 Å².